The molecule has 11 rings (SSSR count). The average molecular weight is 696 g/mol. The first kappa shape index (κ1) is 29.8. The van der Waals surface area contributed by atoms with Crippen molar-refractivity contribution in [2.75, 3.05) is 0 Å². The second kappa shape index (κ2) is 11.8. The van der Waals surface area contributed by atoms with E-state index in [0.717, 1.165) is 28.1 Å². The van der Waals surface area contributed by atoms with Crippen LogP contribution in [0.25, 0.3) is 98.4 Å². The lowest BCUT2D eigenvalue weighted by atomic mass is 10.1. The quantitative estimate of drug-likeness (QED) is 0.180. The molecule has 0 atom stereocenters. The molecule has 0 saturated carbocycles. The van der Waals surface area contributed by atoms with Crippen LogP contribution in [0, 0.1) is 0 Å². The Labute approximate surface area is 308 Å². The molecule has 5 nitrogen and oxygen atoms in total. The molecular weight excluding hydrogens is 667 g/mol. The van der Waals surface area contributed by atoms with E-state index in [1.165, 1.54) is 52.9 Å². The van der Waals surface area contributed by atoms with E-state index >= 15 is 0 Å². The molecule has 0 aliphatic rings. The number of para-hydroxylation sites is 1. The van der Waals surface area contributed by atoms with Crippen LogP contribution in [-0.4, -0.2) is 24.1 Å². The molecule has 0 N–H and O–H groups in total. The van der Waals surface area contributed by atoms with Crippen molar-refractivity contribution in [3.05, 3.63) is 176 Å². The Morgan fingerprint density at radius 2 is 1.00 bits per heavy atom. The van der Waals surface area contributed by atoms with Crippen LogP contribution in [0.5, 0.6) is 0 Å². The summed E-state index contributed by atoms with van der Waals surface area (Å²) in [5.74, 6) is 1.95. The van der Waals surface area contributed by atoms with Crippen molar-refractivity contribution in [3.63, 3.8) is 0 Å². The van der Waals surface area contributed by atoms with Gasteiger partial charge < -0.3 is 9.13 Å². The summed E-state index contributed by atoms with van der Waals surface area (Å²) in [6, 6.07) is 59.8. The zero-order valence-electron chi connectivity index (χ0n) is 28.4. The fourth-order valence-electron chi connectivity index (χ4n) is 7.68. The van der Waals surface area contributed by atoms with Gasteiger partial charge >= 0.3 is 0 Å². The summed E-state index contributed by atoms with van der Waals surface area (Å²) in [5.41, 5.74) is 8.66. The average Bonchev–Trinajstić information content (AvgIpc) is 3.92. The molecule has 0 spiro atoms. The number of thiophene rings is 1. The Morgan fingerprint density at radius 1 is 0.415 bits per heavy atom. The molecule has 248 valence electrons. The van der Waals surface area contributed by atoms with Gasteiger partial charge in [-0.15, -0.1) is 11.3 Å². The van der Waals surface area contributed by atoms with Gasteiger partial charge in [0.1, 0.15) is 0 Å². The van der Waals surface area contributed by atoms with Gasteiger partial charge in [0.2, 0.25) is 0 Å². The molecule has 0 saturated heterocycles. The highest BCUT2D eigenvalue weighted by Crippen LogP contribution is 2.44. The van der Waals surface area contributed by atoms with Crippen LogP contribution in [-0.2, 0) is 0 Å². The van der Waals surface area contributed by atoms with Gasteiger partial charge in [-0.2, -0.15) is 0 Å². The first-order chi connectivity index (χ1) is 26.3. The van der Waals surface area contributed by atoms with Crippen molar-refractivity contribution in [2.45, 2.75) is 0 Å². The predicted molar refractivity (Wildman–Crippen MR) is 220 cm³/mol. The van der Waals surface area contributed by atoms with E-state index in [4.69, 9.17) is 15.0 Å². The minimum atomic E-state index is 0.641. The van der Waals surface area contributed by atoms with Gasteiger partial charge in [-0.1, -0.05) is 109 Å². The maximum atomic E-state index is 4.99. The second-order valence-electron chi connectivity index (χ2n) is 13.3. The third-order valence-corrected chi connectivity index (χ3v) is 11.4. The molecule has 0 unspecified atom stereocenters. The van der Waals surface area contributed by atoms with Crippen molar-refractivity contribution in [1.82, 2.24) is 24.1 Å². The lowest BCUT2D eigenvalue weighted by Gasteiger charge is -2.11. The largest absolute Gasteiger partial charge is 0.317 e. The smallest absolute Gasteiger partial charge is 0.164 e. The highest BCUT2D eigenvalue weighted by molar-refractivity contribution is 7.26. The fraction of sp³-hybridized carbons (Fsp3) is 0. The van der Waals surface area contributed by atoms with E-state index in [-0.39, 0.29) is 0 Å². The first-order valence-electron chi connectivity index (χ1n) is 17.7. The Kier molecular flexibility index (Phi) is 6.66. The topological polar surface area (TPSA) is 48.5 Å². The number of nitrogens with zero attached hydrogens (tertiary/aromatic N) is 5. The summed E-state index contributed by atoms with van der Waals surface area (Å²) in [5, 5.41) is 6.24. The number of rotatable bonds is 5. The summed E-state index contributed by atoms with van der Waals surface area (Å²) in [6.07, 6.45) is 2.17. The predicted octanol–water partition coefficient (Wildman–Crippen LogP) is 12.3. The van der Waals surface area contributed by atoms with Gasteiger partial charge in [-0.3, -0.25) is 0 Å². The van der Waals surface area contributed by atoms with Crippen molar-refractivity contribution in [1.29, 1.82) is 0 Å². The van der Waals surface area contributed by atoms with Crippen LogP contribution in [0.4, 0.5) is 0 Å². The van der Waals surface area contributed by atoms with Crippen molar-refractivity contribution in [2.24, 2.45) is 0 Å². The SMILES string of the molecule is c1ccc(-c2nc(-c3ccccc3)nc(-c3ccc(-n4c5cc6ccn(-c7ccccc7)c6cc5c5ccc6c7ccccc7sc6c54)cc3)n2)cc1. The standard InChI is InChI=1S/C47H29N5S/c1-4-12-30(13-5-1)45-48-46(31-14-6-2-7-15-31)50-47(49-45)32-20-22-35(23-21-32)52-41-28-33-26-27-51(34-16-8-3-9-17-34)40(33)29-39(41)37-24-25-38-36-18-10-11-19-42(36)53-44(38)43(37)52/h1-29H. The number of fused-ring (bicyclic) bond motifs is 8. The van der Waals surface area contributed by atoms with Crippen molar-refractivity contribution >= 4 is 64.2 Å². The highest BCUT2D eigenvalue weighted by Gasteiger charge is 2.20. The summed E-state index contributed by atoms with van der Waals surface area (Å²) in [7, 11) is 0. The van der Waals surface area contributed by atoms with E-state index < -0.39 is 0 Å². The third-order valence-electron chi connectivity index (χ3n) is 10.2. The van der Waals surface area contributed by atoms with E-state index in [9.17, 15) is 0 Å². The number of aromatic nitrogens is 5. The normalized spacial score (nSPS) is 11.8. The Morgan fingerprint density at radius 3 is 1.68 bits per heavy atom. The van der Waals surface area contributed by atoms with Crippen LogP contribution in [0.3, 0.4) is 0 Å². The van der Waals surface area contributed by atoms with Crippen molar-refractivity contribution in [3.8, 4) is 45.5 Å². The van der Waals surface area contributed by atoms with E-state index in [2.05, 4.69) is 125 Å². The number of hydrogen-bond acceptors (Lipinski definition) is 4. The van der Waals surface area contributed by atoms with Crippen LogP contribution in [0.2, 0.25) is 0 Å². The van der Waals surface area contributed by atoms with Gasteiger partial charge in [0.15, 0.2) is 17.5 Å². The Balaban J connectivity index is 1.13. The van der Waals surface area contributed by atoms with Crippen LogP contribution in [0.15, 0.2) is 176 Å². The molecule has 4 aromatic heterocycles. The summed E-state index contributed by atoms with van der Waals surface area (Å²) < 4.78 is 7.31. The zero-order valence-corrected chi connectivity index (χ0v) is 29.2. The maximum absolute atomic E-state index is 4.99. The summed E-state index contributed by atoms with van der Waals surface area (Å²) >= 11 is 1.87. The molecule has 0 fully saturated rings. The van der Waals surface area contributed by atoms with E-state index in [1.807, 2.05) is 72.0 Å². The molecule has 11 aromatic rings. The van der Waals surface area contributed by atoms with Crippen LogP contribution >= 0.6 is 11.3 Å². The number of hydrogen-bond donors (Lipinski definition) is 0. The molecular formula is C47H29N5S. The van der Waals surface area contributed by atoms with Gasteiger partial charge in [-0.25, -0.2) is 15.0 Å². The molecule has 0 aliphatic carbocycles. The second-order valence-corrected chi connectivity index (χ2v) is 14.4. The first-order valence-corrected chi connectivity index (χ1v) is 18.5. The van der Waals surface area contributed by atoms with Crippen LogP contribution in [0.1, 0.15) is 0 Å². The summed E-state index contributed by atoms with van der Waals surface area (Å²) in [6.45, 7) is 0. The highest BCUT2D eigenvalue weighted by atomic mass is 32.1. The van der Waals surface area contributed by atoms with Crippen molar-refractivity contribution < 1.29 is 0 Å². The van der Waals surface area contributed by atoms with E-state index in [0.29, 0.717) is 17.5 Å². The zero-order chi connectivity index (χ0) is 34.9. The molecule has 0 radical (unpaired) electrons. The maximum Gasteiger partial charge on any atom is 0.164 e. The Hall–Kier alpha value is -6.89. The molecule has 4 heterocycles. The fourth-order valence-corrected chi connectivity index (χ4v) is 8.92. The lowest BCUT2D eigenvalue weighted by Crippen LogP contribution is -2.00. The molecule has 6 heteroatoms. The van der Waals surface area contributed by atoms with Gasteiger partial charge in [0.05, 0.1) is 21.3 Å². The number of benzene rings is 7. The van der Waals surface area contributed by atoms with Gasteiger partial charge in [0, 0.05) is 65.9 Å². The molecule has 0 bridgehead atoms. The monoisotopic (exact) mass is 695 g/mol. The molecule has 0 aliphatic heterocycles. The summed E-state index contributed by atoms with van der Waals surface area (Å²) in [4.78, 5) is 14.9. The molecule has 53 heavy (non-hydrogen) atoms. The minimum Gasteiger partial charge on any atom is -0.317 e. The van der Waals surface area contributed by atoms with Gasteiger partial charge in [0.25, 0.3) is 0 Å². The van der Waals surface area contributed by atoms with Crippen LogP contribution < -0.4 is 0 Å². The lowest BCUT2D eigenvalue weighted by molar-refractivity contribution is 1.07. The van der Waals surface area contributed by atoms with E-state index in [1.54, 1.807) is 0 Å². The molecule has 7 aromatic carbocycles. The third kappa shape index (κ3) is 4.80. The van der Waals surface area contributed by atoms with Gasteiger partial charge in [-0.05, 0) is 60.7 Å². The minimum absolute atomic E-state index is 0.641. The Bertz CT molecular complexity index is 3080. The molecule has 0 amide bonds.